The van der Waals surface area contributed by atoms with E-state index in [0.29, 0.717) is 6.42 Å². The van der Waals surface area contributed by atoms with Gasteiger partial charge in [-0.25, -0.2) is 0 Å². The first kappa shape index (κ1) is 5.63. The summed E-state index contributed by atoms with van der Waals surface area (Å²) in [5, 5.41) is 8.11. The number of aliphatic hydroxyl groups is 1. The van der Waals surface area contributed by atoms with E-state index in [4.69, 9.17) is 5.11 Å². The molecule has 0 spiro atoms. The average Bonchev–Trinajstić information content (AvgIpc) is 1.61. The Balaban J connectivity index is 2.66. The van der Waals surface area contributed by atoms with Gasteiger partial charge in [-0.15, -0.1) is 0 Å². The molecular weight excluding hydrogens is 78.0 g/mol. The summed E-state index contributed by atoms with van der Waals surface area (Å²) in [5.41, 5.74) is 0. The van der Waals surface area contributed by atoms with Crippen molar-refractivity contribution in [1.29, 1.82) is 0 Å². The van der Waals surface area contributed by atoms with Crippen LogP contribution < -0.4 is 0 Å². The van der Waals surface area contributed by atoms with Crippen LogP contribution in [0.2, 0.25) is 0 Å². The Morgan fingerprint density at radius 1 is 1.83 bits per heavy atom. The van der Waals surface area contributed by atoms with Crippen molar-refractivity contribution in [1.82, 2.24) is 0 Å². The van der Waals surface area contributed by atoms with Crippen LogP contribution in [0.5, 0.6) is 0 Å². The van der Waals surface area contributed by atoms with Crippen LogP contribution in [0.25, 0.3) is 0 Å². The van der Waals surface area contributed by atoms with Gasteiger partial charge in [-0.05, 0) is 0 Å². The zero-order valence-corrected chi connectivity index (χ0v) is 3.89. The zero-order valence-electron chi connectivity index (χ0n) is 3.89. The molecule has 0 bridgehead atoms. The van der Waals surface area contributed by atoms with Crippen LogP contribution in [-0.4, -0.2) is 25.0 Å². The fourth-order valence-electron chi connectivity index (χ4n) is 0.187. The summed E-state index contributed by atoms with van der Waals surface area (Å²) in [6.45, 7) is 0.206. The Bertz CT molecular complexity index is 42.8. The van der Waals surface area contributed by atoms with Crippen molar-refractivity contribution in [2.24, 2.45) is 4.99 Å². The Morgan fingerprint density at radius 2 is 2.50 bits per heavy atom. The molecule has 6 heavy (non-hydrogen) atoms. The number of hydrogen-bond donors (Lipinski definition) is 1. The van der Waals surface area contributed by atoms with E-state index in [-0.39, 0.29) is 6.61 Å². The van der Waals surface area contributed by atoms with Gasteiger partial charge >= 0.3 is 0 Å². The molecule has 0 amide bonds. The van der Waals surface area contributed by atoms with Crippen molar-refractivity contribution in [2.75, 3.05) is 13.7 Å². The minimum Gasteiger partial charge on any atom is -0.396 e. The Hall–Kier alpha value is -0.370. The van der Waals surface area contributed by atoms with Gasteiger partial charge in [-0.1, -0.05) is 0 Å². The molecule has 0 heterocycles. The third-order valence-electron chi connectivity index (χ3n) is 0.441. The highest BCUT2D eigenvalue weighted by atomic mass is 16.2. The van der Waals surface area contributed by atoms with E-state index in [2.05, 4.69) is 4.99 Å². The molecule has 0 aromatic heterocycles. The first-order chi connectivity index (χ1) is 2.91. The number of rotatable bonds is 2. The second kappa shape index (κ2) is 4.63. The van der Waals surface area contributed by atoms with E-state index < -0.39 is 0 Å². The van der Waals surface area contributed by atoms with Crippen LogP contribution in [0, 0.1) is 0 Å². The molecule has 0 saturated carbocycles. The molecule has 0 atom stereocenters. The van der Waals surface area contributed by atoms with E-state index in [1.165, 1.54) is 0 Å². The first-order valence-electron chi connectivity index (χ1n) is 1.93. The summed E-state index contributed by atoms with van der Waals surface area (Å²) in [6.07, 6.45) is 2.36. The van der Waals surface area contributed by atoms with Gasteiger partial charge in [-0.2, -0.15) is 0 Å². The van der Waals surface area contributed by atoms with Crippen LogP contribution in [0.1, 0.15) is 6.42 Å². The lowest BCUT2D eigenvalue weighted by Crippen LogP contribution is -1.80. The largest absolute Gasteiger partial charge is 0.396 e. The molecule has 0 radical (unpaired) electrons. The lowest BCUT2D eigenvalue weighted by atomic mass is 10.5. The van der Waals surface area contributed by atoms with E-state index in [0.717, 1.165) is 0 Å². The quantitative estimate of drug-likeness (QED) is 0.475. The SMILES string of the molecule is CN=CCCO. The normalized spacial score (nSPS) is 10.3. The minimum atomic E-state index is 0.206. The van der Waals surface area contributed by atoms with Gasteiger partial charge in [0.1, 0.15) is 0 Å². The highest BCUT2D eigenvalue weighted by Crippen LogP contribution is 1.64. The van der Waals surface area contributed by atoms with Crippen LogP contribution in [0.15, 0.2) is 4.99 Å². The predicted molar refractivity (Wildman–Crippen MR) is 26.1 cm³/mol. The lowest BCUT2D eigenvalue weighted by Gasteiger charge is -1.76. The van der Waals surface area contributed by atoms with Crippen molar-refractivity contribution in [3.05, 3.63) is 0 Å². The van der Waals surface area contributed by atoms with Gasteiger partial charge in [0.2, 0.25) is 0 Å². The molecular formula is C4H9NO. The van der Waals surface area contributed by atoms with Crippen molar-refractivity contribution >= 4 is 6.21 Å². The summed E-state index contributed by atoms with van der Waals surface area (Å²) < 4.78 is 0. The molecule has 2 heteroatoms. The number of aliphatic hydroxyl groups excluding tert-OH is 1. The monoisotopic (exact) mass is 87.1 g/mol. The molecule has 0 saturated heterocycles. The fraction of sp³-hybridized carbons (Fsp3) is 0.750. The standard InChI is InChI=1S/C4H9NO/c1-5-3-2-4-6/h3,6H,2,4H2,1H3. The summed E-state index contributed by atoms with van der Waals surface area (Å²) in [7, 11) is 1.69. The number of aliphatic imine (C=N–C) groups is 1. The molecule has 0 aliphatic carbocycles. The molecule has 0 aliphatic rings. The van der Waals surface area contributed by atoms with Crippen molar-refractivity contribution in [3.8, 4) is 0 Å². The molecule has 1 N–H and O–H groups in total. The third-order valence-corrected chi connectivity index (χ3v) is 0.441. The molecule has 0 aromatic rings. The van der Waals surface area contributed by atoms with Crippen LogP contribution in [-0.2, 0) is 0 Å². The molecule has 2 nitrogen and oxygen atoms in total. The maximum Gasteiger partial charge on any atom is 0.0480 e. The summed E-state index contributed by atoms with van der Waals surface area (Å²) in [4.78, 5) is 3.64. The second-order valence-corrected chi connectivity index (χ2v) is 0.953. The van der Waals surface area contributed by atoms with E-state index >= 15 is 0 Å². The van der Waals surface area contributed by atoms with Crippen LogP contribution in [0.3, 0.4) is 0 Å². The van der Waals surface area contributed by atoms with Crippen molar-refractivity contribution in [3.63, 3.8) is 0 Å². The van der Waals surface area contributed by atoms with Gasteiger partial charge in [0.25, 0.3) is 0 Å². The molecule has 36 valence electrons. The van der Waals surface area contributed by atoms with Crippen LogP contribution in [0.4, 0.5) is 0 Å². The van der Waals surface area contributed by atoms with E-state index in [1.54, 1.807) is 13.3 Å². The Kier molecular flexibility index (Phi) is 4.34. The number of nitrogens with zero attached hydrogens (tertiary/aromatic N) is 1. The fourth-order valence-corrected chi connectivity index (χ4v) is 0.187. The third kappa shape index (κ3) is 3.63. The lowest BCUT2D eigenvalue weighted by molar-refractivity contribution is 0.308. The average molecular weight is 87.1 g/mol. The van der Waals surface area contributed by atoms with E-state index in [1.807, 2.05) is 0 Å². The molecule has 0 rings (SSSR count). The minimum absolute atomic E-state index is 0.206. The van der Waals surface area contributed by atoms with Crippen molar-refractivity contribution in [2.45, 2.75) is 6.42 Å². The molecule has 0 aliphatic heterocycles. The van der Waals surface area contributed by atoms with Crippen molar-refractivity contribution < 1.29 is 5.11 Å². The highest BCUT2D eigenvalue weighted by molar-refractivity contribution is 5.56. The maximum atomic E-state index is 8.11. The smallest absolute Gasteiger partial charge is 0.0480 e. The van der Waals surface area contributed by atoms with Gasteiger partial charge in [0.15, 0.2) is 0 Å². The van der Waals surface area contributed by atoms with Gasteiger partial charge < -0.3 is 10.1 Å². The summed E-state index contributed by atoms with van der Waals surface area (Å²) in [5.74, 6) is 0. The Morgan fingerprint density at radius 3 is 2.67 bits per heavy atom. The van der Waals surface area contributed by atoms with Gasteiger partial charge in [0, 0.05) is 26.3 Å². The zero-order chi connectivity index (χ0) is 4.83. The maximum absolute atomic E-state index is 8.11. The molecule has 0 fully saturated rings. The summed E-state index contributed by atoms with van der Waals surface area (Å²) >= 11 is 0. The first-order valence-corrected chi connectivity index (χ1v) is 1.93. The topological polar surface area (TPSA) is 32.6 Å². The van der Waals surface area contributed by atoms with Gasteiger partial charge in [0.05, 0.1) is 0 Å². The number of hydrogen-bond acceptors (Lipinski definition) is 2. The summed E-state index contributed by atoms with van der Waals surface area (Å²) in [6, 6.07) is 0. The Labute approximate surface area is 37.5 Å². The van der Waals surface area contributed by atoms with Gasteiger partial charge in [-0.3, -0.25) is 0 Å². The molecule has 0 unspecified atom stereocenters. The highest BCUT2D eigenvalue weighted by Gasteiger charge is 1.67. The second-order valence-electron chi connectivity index (χ2n) is 0.953. The molecule has 0 aromatic carbocycles. The van der Waals surface area contributed by atoms with E-state index in [9.17, 15) is 0 Å². The van der Waals surface area contributed by atoms with Crippen LogP contribution >= 0.6 is 0 Å². The predicted octanol–water partition coefficient (Wildman–Crippen LogP) is 0.0694.